The van der Waals surface area contributed by atoms with E-state index in [0.717, 1.165) is 0 Å². The van der Waals surface area contributed by atoms with E-state index in [1.165, 1.54) is 6.33 Å². The van der Waals surface area contributed by atoms with E-state index in [1.54, 1.807) is 0 Å². The third kappa shape index (κ3) is 0.859. The first-order chi connectivity index (χ1) is 4.75. The van der Waals surface area contributed by atoms with Crippen LogP contribution in [0.25, 0.3) is 0 Å². The van der Waals surface area contributed by atoms with E-state index in [1.807, 2.05) is 0 Å². The Hall–Kier alpha value is -1.72. The molecule has 0 radical (unpaired) electrons. The molecule has 6 heteroatoms. The number of anilines is 2. The van der Waals surface area contributed by atoms with Crippen molar-refractivity contribution in [3.63, 3.8) is 0 Å². The highest BCUT2D eigenvalue weighted by Gasteiger charge is 2.02. The fraction of sp³-hybridized carbons (Fsp3) is 0. The quantitative estimate of drug-likeness (QED) is 0.484. The Morgan fingerprint density at radius 3 is 2.10 bits per heavy atom. The highest BCUT2D eigenvalue weighted by atomic mass is 15.1. The number of hydrogen-bond acceptors (Lipinski definition) is 6. The van der Waals surface area contributed by atoms with Gasteiger partial charge in [-0.1, -0.05) is 0 Å². The predicted molar refractivity (Wildman–Crippen MR) is 35.7 cm³/mol. The molecule has 0 aliphatic rings. The molecule has 1 aromatic rings. The standard InChI is InChI=1S/C4H6N6/c5-3-2(10-7)4(6)9-1-8-3/h1,7H,(H4,5,6,8,9). The van der Waals surface area contributed by atoms with Gasteiger partial charge in [-0.05, 0) is 0 Å². The topological polar surface area (TPSA) is 114 Å². The van der Waals surface area contributed by atoms with E-state index >= 15 is 0 Å². The number of rotatable bonds is 1. The number of nitrogen functional groups attached to an aromatic ring is 2. The van der Waals surface area contributed by atoms with Gasteiger partial charge in [-0.25, -0.2) is 15.5 Å². The average Bonchev–Trinajstić information content (AvgIpc) is 1.88. The summed E-state index contributed by atoms with van der Waals surface area (Å²) in [5.74, 6) is 0.255. The van der Waals surface area contributed by atoms with Crippen molar-refractivity contribution in [2.45, 2.75) is 0 Å². The van der Waals surface area contributed by atoms with Crippen molar-refractivity contribution in [3.8, 4) is 0 Å². The molecule has 0 aliphatic heterocycles. The third-order valence-electron chi connectivity index (χ3n) is 0.991. The second-order valence-electron chi connectivity index (χ2n) is 1.60. The van der Waals surface area contributed by atoms with Crippen molar-refractivity contribution in [2.75, 3.05) is 11.5 Å². The van der Waals surface area contributed by atoms with Crippen LogP contribution in [0.15, 0.2) is 11.4 Å². The number of aromatic nitrogens is 2. The summed E-state index contributed by atoms with van der Waals surface area (Å²) in [6.45, 7) is 0. The lowest BCUT2D eigenvalue weighted by Gasteiger charge is -1.97. The number of nitrogens with one attached hydrogen (secondary N) is 1. The maximum atomic E-state index is 6.61. The molecular weight excluding hydrogens is 132 g/mol. The lowest BCUT2D eigenvalue weighted by molar-refractivity contribution is 1.10. The molecule has 0 unspecified atom stereocenters. The molecule has 0 bridgehead atoms. The second kappa shape index (κ2) is 2.26. The number of nitrogens with zero attached hydrogens (tertiary/aromatic N) is 3. The van der Waals surface area contributed by atoms with Gasteiger partial charge < -0.3 is 11.5 Å². The van der Waals surface area contributed by atoms with E-state index in [4.69, 9.17) is 17.0 Å². The van der Waals surface area contributed by atoms with Crippen LogP contribution in [-0.2, 0) is 0 Å². The van der Waals surface area contributed by atoms with Crippen molar-refractivity contribution >= 4 is 17.3 Å². The van der Waals surface area contributed by atoms with E-state index in [9.17, 15) is 0 Å². The van der Waals surface area contributed by atoms with E-state index in [2.05, 4.69) is 15.1 Å². The van der Waals surface area contributed by atoms with Crippen molar-refractivity contribution in [3.05, 3.63) is 6.33 Å². The predicted octanol–water partition coefficient (Wildman–Crippen LogP) is 0.303. The summed E-state index contributed by atoms with van der Waals surface area (Å²) in [7, 11) is 0. The molecule has 5 N–H and O–H groups in total. The lowest BCUT2D eigenvalue weighted by Crippen LogP contribution is -1.96. The van der Waals surface area contributed by atoms with Crippen molar-refractivity contribution < 1.29 is 0 Å². The number of hydrogen-bond donors (Lipinski definition) is 3. The van der Waals surface area contributed by atoms with Gasteiger partial charge in [-0.15, -0.1) is 0 Å². The van der Waals surface area contributed by atoms with Crippen molar-refractivity contribution in [2.24, 2.45) is 5.11 Å². The van der Waals surface area contributed by atoms with Gasteiger partial charge >= 0.3 is 0 Å². The van der Waals surface area contributed by atoms with Crippen molar-refractivity contribution in [1.82, 2.24) is 9.97 Å². The van der Waals surface area contributed by atoms with Crippen LogP contribution in [0.3, 0.4) is 0 Å². The third-order valence-corrected chi connectivity index (χ3v) is 0.991. The van der Waals surface area contributed by atoms with Crippen LogP contribution in [-0.4, -0.2) is 9.97 Å². The molecule has 0 aliphatic carbocycles. The zero-order valence-electron chi connectivity index (χ0n) is 5.07. The molecule has 1 rings (SSSR count). The maximum absolute atomic E-state index is 6.61. The van der Waals surface area contributed by atoms with Gasteiger partial charge in [-0.2, -0.15) is 5.11 Å². The first-order valence-electron chi connectivity index (χ1n) is 2.49. The Kier molecular flexibility index (Phi) is 1.44. The van der Waals surface area contributed by atoms with Gasteiger partial charge in [0.05, 0.1) is 0 Å². The normalized spacial score (nSPS) is 9.20. The summed E-state index contributed by atoms with van der Waals surface area (Å²) in [4.78, 5) is 7.17. The molecule has 10 heavy (non-hydrogen) atoms. The molecule has 0 saturated carbocycles. The van der Waals surface area contributed by atoms with Crippen LogP contribution >= 0.6 is 0 Å². The van der Waals surface area contributed by atoms with Gasteiger partial charge in [-0.3, -0.25) is 0 Å². The van der Waals surface area contributed by atoms with E-state index in [0.29, 0.717) is 0 Å². The Labute approximate surface area is 56.8 Å². The lowest BCUT2D eigenvalue weighted by atomic mass is 10.4. The zero-order chi connectivity index (χ0) is 7.56. The number of nitrogens with two attached hydrogens (primary N) is 2. The fourth-order valence-electron chi connectivity index (χ4n) is 0.521. The Balaban J connectivity index is 3.30. The highest BCUT2D eigenvalue weighted by molar-refractivity contribution is 5.68. The largest absolute Gasteiger partial charge is 0.382 e. The van der Waals surface area contributed by atoms with Crippen LogP contribution in [0.5, 0.6) is 0 Å². The summed E-state index contributed by atoms with van der Waals surface area (Å²) in [5, 5.41) is 3.04. The van der Waals surface area contributed by atoms with Crippen molar-refractivity contribution in [1.29, 1.82) is 5.53 Å². The minimum Gasteiger partial charge on any atom is -0.382 e. The Morgan fingerprint density at radius 1 is 1.30 bits per heavy atom. The van der Waals surface area contributed by atoms with Crippen LogP contribution in [0.4, 0.5) is 17.3 Å². The summed E-state index contributed by atoms with van der Waals surface area (Å²) in [5.41, 5.74) is 17.3. The highest BCUT2D eigenvalue weighted by Crippen LogP contribution is 2.23. The molecule has 0 spiro atoms. The Morgan fingerprint density at radius 2 is 1.80 bits per heavy atom. The van der Waals surface area contributed by atoms with Crippen LogP contribution in [0.1, 0.15) is 0 Å². The van der Waals surface area contributed by atoms with Gasteiger partial charge in [0.25, 0.3) is 0 Å². The van der Waals surface area contributed by atoms with Gasteiger partial charge in [0.15, 0.2) is 17.3 Å². The monoisotopic (exact) mass is 138 g/mol. The van der Waals surface area contributed by atoms with Gasteiger partial charge in [0.1, 0.15) is 6.33 Å². The molecule has 1 heterocycles. The smallest absolute Gasteiger partial charge is 0.169 e. The van der Waals surface area contributed by atoms with E-state index < -0.39 is 0 Å². The molecular formula is C4H6N6. The van der Waals surface area contributed by atoms with Crippen LogP contribution < -0.4 is 11.5 Å². The summed E-state index contributed by atoms with van der Waals surface area (Å²) >= 11 is 0. The molecule has 52 valence electrons. The first kappa shape index (κ1) is 6.40. The molecule has 0 amide bonds. The van der Waals surface area contributed by atoms with Gasteiger partial charge in [0, 0.05) is 0 Å². The molecule has 0 fully saturated rings. The molecule has 0 atom stereocenters. The summed E-state index contributed by atoms with van der Waals surface area (Å²) < 4.78 is 0. The van der Waals surface area contributed by atoms with Gasteiger partial charge in [0.2, 0.25) is 0 Å². The van der Waals surface area contributed by atoms with E-state index in [-0.39, 0.29) is 17.3 Å². The Bertz CT molecular complexity index is 236. The van der Waals surface area contributed by atoms with Crippen LogP contribution in [0.2, 0.25) is 0 Å². The van der Waals surface area contributed by atoms with Crippen LogP contribution in [0, 0.1) is 5.53 Å². The maximum Gasteiger partial charge on any atom is 0.169 e. The fourth-order valence-corrected chi connectivity index (χ4v) is 0.521. The first-order valence-corrected chi connectivity index (χ1v) is 2.49. The summed E-state index contributed by atoms with van der Waals surface area (Å²) in [6.07, 6.45) is 1.22. The molecule has 0 saturated heterocycles. The molecule has 1 aromatic heterocycles. The second-order valence-corrected chi connectivity index (χ2v) is 1.60. The minimum absolute atomic E-state index is 0.127. The average molecular weight is 138 g/mol. The minimum atomic E-state index is 0.127. The molecule has 6 nitrogen and oxygen atoms in total. The zero-order valence-corrected chi connectivity index (χ0v) is 5.07. The summed E-state index contributed by atoms with van der Waals surface area (Å²) in [6, 6.07) is 0. The molecule has 0 aromatic carbocycles. The SMILES string of the molecule is N=Nc1c(N)ncnc1N.